The van der Waals surface area contributed by atoms with Gasteiger partial charge in [0.1, 0.15) is 17.5 Å². The van der Waals surface area contributed by atoms with E-state index in [0.717, 1.165) is 10.9 Å². The van der Waals surface area contributed by atoms with Crippen molar-refractivity contribution in [3.63, 3.8) is 0 Å². The molecule has 0 atom stereocenters. The van der Waals surface area contributed by atoms with Gasteiger partial charge in [-0.15, -0.1) is 0 Å². The van der Waals surface area contributed by atoms with Crippen molar-refractivity contribution in [3.8, 4) is 17.3 Å². The fraction of sp³-hybridized carbons (Fsp3) is 0.375. The van der Waals surface area contributed by atoms with E-state index in [2.05, 4.69) is 26.1 Å². The molecule has 4 rings (SSSR count). The predicted octanol–water partition coefficient (Wildman–Crippen LogP) is 0.0681. The van der Waals surface area contributed by atoms with E-state index < -0.39 is 22.2 Å². The van der Waals surface area contributed by atoms with Crippen LogP contribution in [0.4, 0.5) is 0 Å². The molecule has 0 aliphatic carbocycles. The van der Waals surface area contributed by atoms with Gasteiger partial charge in [-0.2, -0.15) is 14.7 Å². The van der Waals surface area contributed by atoms with Crippen molar-refractivity contribution in [3.05, 3.63) is 31.0 Å². The third kappa shape index (κ3) is 2.87. The molecule has 10 nitrogen and oxygen atoms in total. The smallest absolute Gasteiger partial charge is 0.216 e. The first kappa shape index (κ1) is 17.6. The number of aromatic amines is 1. The van der Waals surface area contributed by atoms with Crippen LogP contribution in [0.1, 0.15) is 6.42 Å². The molecule has 0 saturated carbocycles. The van der Waals surface area contributed by atoms with E-state index in [1.807, 2.05) is 6.07 Å². The summed E-state index contributed by atoms with van der Waals surface area (Å²) in [5.74, 6) is -0.327. The minimum absolute atomic E-state index is 0.128. The first-order chi connectivity index (χ1) is 13.0. The molecule has 1 saturated heterocycles. The molecule has 2 N–H and O–H groups in total. The first-order valence-corrected chi connectivity index (χ1v) is 9.89. The van der Waals surface area contributed by atoms with Crippen LogP contribution in [-0.2, 0) is 15.6 Å². The van der Waals surface area contributed by atoms with Gasteiger partial charge in [-0.1, -0.05) is 0 Å². The molecular weight excluding hydrogens is 370 g/mol. The minimum Gasteiger partial charge on any atom is -0.395 e. The zero-order chi connectivity index (χ0) is 19.1. The lowest BCUT2D eigenvalue weighted by Crippen LogP contribution is -2.64. The molecule has 0 amide bonds. The van der Waals surface area contributed by atoms with Crippen molar-refractivity contribution < 1.29 is 13.5 Å². The van der Waals surface area contributed by atoms with Gasteiger partial charge in [0.2, 0.25) is 10.0 Å². The van der Waals surface area contributed by atoms with Gasteiger partial charge < -0.3 is 10.1 Å². The lowest BCUT2D eigenvalue weighted by Gasteiger charge is -2.47. The molecule has 0 spiro atoms. The van der Waals surface area contributed by atoms with Crippen molar-refractivity contribution in [2.75, 3.05) is 25.4 Å². The van der Waals surface area contributed by atoms with Gasteiger partial charge in [-0.3, -0.25) is 4.68 Å². The fourth-order valence-electron chi connectivity index (χ4n) is 3.34. The summed E-state index contributed by atoms with van der Waals surface area (Å²) < 4.78 is 27.1. The molecule has 4 heterocycles. The maximum atomic E-state index is 12.1. The number of H-pyrrole nitrogens is 1. The molecule has 3 aromatic rings. The number of aliphatic hydroxyl groups excluding tert-OH is 1. The topological polar surface area (TPSA) is 141 Å². The van der Waals surface area contributed by atoms with Gasteiger partial charge in [0.15, 0.2) is 0 Å². The van der Waals surface area contributed by atoms with Crippen molar-refractivity contribution >= 4 is 21.1 Å². The number of nitrogens with one attached hydrogen (secondary N) is 1. The van der Waals surface area contributed by atoms with Gasteiger partial charge in [0.25, 0.3) is 0 Å². The van der Waals surface area contributed by atoms with Gasteiger partial charge in [0.05, 0.1) is 36.7 Å². The standard InChI is InChI=1S/C16H17N7O3S/c17-3-2-16(9-22(10-16)27(25,26)6-5-24)23-8-12(7-21-23)14-13-1-4-18-15(13)20-11-19-14/h1,4,7-8,11,24H,2,5-6,9-10H2,(H,18,19,20). The van der Waals surface area contributed by atoms with Crippen LogP contribution >= 0.6 is 0 Å². The summed E-state index contributed by atoms with van der Waals surface area (Å²) in [5.41, 5.74) is 1.46. The molecule has 3 aromatic heterocycles. The molecule has 0 radical (unpaired) electrons. The lowest BCUT2D eigenvalue weighted by molar-refractivity contribution is 0.0713. The van der Waals surface area contributed by atoms with Crippen LogP contribution in [0.15, 0.2) is 31.0 Å². The fourth-order valence-corrected chi connectivity index (χ4v) is 4.71. The SMILES string of the molecule is N#CCC1(n2cc(-c3ncnc4[nH]ccc34)cn2)CN(S(=O)(=O)CCO)C1. The van der Waals surface area contributed by atoms with Crippen LogP contribution in [0.3, 0.4) is 0 Å². The number of aliphatic hydroxyl groups is 1. The maximum Gasteiger partial charge on any atom is 0.216 e. The van der Waals surface area contributed by atoms with E-state index >= 15 is 0 Å². The highest BCUT2D eigenvalue weighted by atomic mass is 32.2. The summed E-state index contributed by atoms with van der Waals surface area (Å²) in [6.45, 7) is -0.142. The number of sulfonamides is 1. The lowest BCUT2D eigenvalue weighted by atomic mass is 9.89. The highest BCUT2D eigenvalue weighted by molar-refractivity contribution is 7.89. The van der Waals surface area contributed by atoms with Crippen molar-refractivity contribution in [1.82, 2.24) is 29.0 Å². The van der Waals surface area contributed by atoms with E-state index in [9.17, 15) is 13.7 Å². The zero-order valence-corrected chi connectivity index (χ0v) is 15.1. The number of nitriles is 1. The van der Waals surface area contributed by atoms with E-state index in [1.165, 1.54) is 10.6 Å². The third-order valence-electron chi connectivity index (χ3n) is 4.79. The summed E-state index contributed by atoms with van der Waals surface area (Å²) in [6, 6.07) is 4.00. The highest BCUT2D eigenvalue weighted by Gasteiger charge is 2.50. The Hall–Kier alpha value is -2.81. The largest absolute Gasteiger partial charge is 0.395 e. The average Bonchev–Trinajstić information content (AvgIpc) is 3.26. The predicted molar refractivity (Wildman–Crippen MR) is 95.8 cm³/mol. The number of nitrogens with zero attached hydrogens (tertiary/aromatic N) is 6. The number of rotatable bonds is 6. The Morgan fingerprint density at radius 2 is 2.19 bits per heavy atom. The second-order valence-corrected chi connectivity index (χ2v) is 8.59. The molecule has 140 valence electrons. The van der Waals surface area contributed by atoms with Crippen molar-refractivity contribution in [1.29, 1.82) is 5.26 Å². The molecule has 27 heavy (non-hydrogen) atoms. The van der Waals surface area contributed by atoms with Crippen LogP contribution in [0.5, 0.6) is 0 Å². The van der Waals surface area contributed by atoms with E-state index in [0.29, 0.717) is 11.3 Å². The van der Waals surface area contributed by atoms with Crippen LogP contribution in [0.2, 0.25) is 0 Å². The Kier molecular flexibility index (Phi) is 4.18. The van der Waals surface area contributed by atoms with Crippen molar-refractivity contribution in [2.24, 2.45) is 0 Å². The Balaban J connectivity index is 1.65. The molecule has 1 aliphatic rings. The summed E-state index contributed by atoms with van der Waals surface area (Å²) >= 11 is 0. The molecule has 0 aromatic carbocycles. The Morgan fingerprint density at radius 3 is 2.93 bits per heavy atom. The van der Waals surface area contributed by atoms with Crippen molar-refractivity contribution in [2.45, 2.75) is 12.0 Å². The monoisotopic (exact) mass is 387 g/mol. The Bertz CT molecular complexity index is 1120. The number of hydrogen-bond donors (Lipinski definition) is 2. The van der Waals surface area contributed by atoms with Gasteiger partial charge in [-0.25, -0.2) is 18.4 Å². The van der Waals surface area contributed by atoms with Crippen LogP contribution in [-0.4, -0.2) is 68.0 Å². The molecule has 1 fully saturated rings. The van der Waals surface area contributed by atoms with Crippen LogP contribution < -0.4 is 0 Å². The molecule has 0 unspecified atom stereocenters. The number of fused-ring (bicyclic) bond motifs is 1. The van der Waals surface area contributed by atoms with E-state index in [1.54, 1.807) is 23.3 Å². The highest BCUT2D eigenvalue weighted by Crippen LogP contribution is 2.35. The number of aromatic nitrogens is 5. The summed E-state index contributed by atoms with van der Waals surface area (Å²) in [4.78, 5) is 11.5. The summed E-state index contributed by atoms with van der Waals surface area (Å²) in [6.07, 6.45) is 6.80. The minimum atomic E-state index is -3.53. The van der Waals surface area contributed by atoms with E-state index in [-0.39, 0.29) is 25.3 Å². The summed E-state index contributed by atoms with van der Waals surface area (Å²) in [7, 11) is -3.53. The molecule has 1 aliphatic heterocycles. The van der Waals surface area contributed by atoms with Crippen LogP contribution in [0.25, 0.3) is 22.3 Å². The molecule has 11 heteroatoms. The van der Waals surface area contributed by atoms with Gasteiger partial charge in [0, 0.05) is 36.4 Å². The first-order valence-electron chi connectivity index (χ1n) is 8.28. The quantitative estimate of drug-likeness (QED) is 0.609. The molecule has 0 bridgehead atoms. The second kappa shape index (κ2) is 6.41. The average molecular weight is 387 g/mol. The normalized spacial score (nSPS) is 16.9. The number of hydrogen-bond acceptors (Lipinski definition) is 7. The van der Waals surface area contributed by atoms with Gasteiger partial charge >= 0.3 is 0 Å². The van der Waals surface area contributed by atoms with Gasteiger partial charge in [-0.05, 0) is 6.07 Å². The van der Waals surface area contributed by atoms with E-state index in [4.69, 9.17) is 5.11 Å². The zero-order valence-electron chi connectivity index (χ0n) is 14.3. The summed E-state index contributed by atoms with van der Waals surface area (Å²) in [5, 5.41) is 23.4. The van der Waals surface area contributed by atoms with Crippen LogP contribution in [0, 0.1) is 11.3 Å². The third-order valence-corrected chi connectivity index (χ3v) is 6.53. The Morgan fingerprint density at radius 1 is 1.37 bits per heavy atom. The maximum absolute atomic E-state index is 12.1. The molecular formula is C16H17N7O3S. The second-order valence-electron chi connectivity index (χ2n) is 6.50. The Labute approximate surface area is 155 Å².